The van der Waals surface area contributed by atoms with Gasteiger partial charge in [0.15, 0.2) is 0 Å². The number of aryl methyl sites for hydroxylation is 1. The molecule has 2 heterocycles. The standard InChI is InChI=1S/C12H16N2O4S2/c1-8(12-13-3-4-19-12)6-14-20(16,17)11-5-10(7-15)18-9(11)2/h3-5,8,14-15H,6-7H2,1-2H3. The second-order valence-electron chi connectivity index (χ2n) is 4.41. The maximum atomic E-state index is 12.2. The number of hydrogen-bond acceptors (Lipinski definition) is 6. The monoisotopic (exact) mass is 316 g/mol. The van der Waals surface area contributed by atoms with E-state index in [1.807, 2.05) is 12.3 Å². The fraction of sp³-hybridized carbons (Fsp3) is 0.417. The van der Waals surface area contributed by atoms with Crippen LogP contribution in [-0.4, -0.2) is 25.1 Å². The Hall–Kier alpha value is -1.22. The summed E-state index contributed by atoms with van der Waals surface area (Å²) >= 11 is 1.49. The van der Waals surface area contributed by atoms with E-state index < -0.39 is 10.0 Å². The minimum atomic E-state index is -3.64. The van der Waals surface area contributed by atoms with Gasteiger partial charge < -0.3 is 9.52 Å². The van der Waals surface area contributed by atoms with Gasteiger partial charge in [0.25, 0.3) is 0 Å². The van der Waals surface area contributed by atoms with Crippen LogP contribution in [0.25, 0.3) is 0 Å². The smallest absolute Gasteiger partial charge is 0.244 e. The second-order valence-corrected chi connectivity index (χ2v) is 7.08. The summed E-state index contributed by atoms with van der Waals surface area (Å²) in [6.07, 6.45) is 1.69. The molecule has 0 radical (unpaired) electrons. The predicted octanol–water partition coefficient (Wildman–Crippen LogP) is 1.62. The number of hydrogen-bond donors (Lipinski definition) is 2. The third-order valence-corrected chi connectivity index (χ3v) is 5.36. The van der Waals surface area contributed by atoms with Gasteiger partial charge in [-0.1, -0.05) is 6.92 Å². The number of nitrogens with zero attached hydrogens (tertiary/aromatic N) is 1. The Morgan fingerprint density at radius 2 is 2.30 bits per heavy atom. The van der Waals surface area contributed by atoms with Crippen molar-refractivity contribution < 1.29 is 17.9 Å². The molecule has 0 aliphatic heterocycles. The Morgan fingerprint density at radius 3 is 2.85 bits per heavy atom. The van der Waals surface area contributed by atoms with Crippen molar-refractivity contribution in [3.8, 4) is 0 Å². The van der Waals surface area contributed by atoms with E-state index in [2.05, 4.69) is 9.71 Å². The first-order valence-corrected chi connectivity index (χ1v) is 8.39. The molecule has 20 heavy (non-hydrogen) atoms. The molecule has 0 spiro atoms. The van der Waals surface area contributed by atoms with Crippen molar-refractivity contribution in [3.05, 3.63) is 34.2 Å². The highest BCUT2D eigenvalue weighted by atomic mass is 32.2. The van der Waals surface area contributed by atoms with Crippen LogP contribution in [-0.2, 0) is 16.6 Å². The lowest BCUT2D eigenvalue weighted by molar-refractivity contribution is 0.244. The molecule has 110 valence electrons. The molecule has 6 nitrogen and oxygen atoms in total. The molecule has 8 heteroatoms. The van der Waals surface area contributed by atoms with Crippen LogP contribution in [0.1, 0.15) is 29.4 Å². The summed E-state index contributed by atoms with van der Waals surface area (Å²) in [6, 6.07) is 1.34. The molecule has 1 atom stereocenters. The van der Waals surface area contributed by atoms with Crippen LogP contribution in [0.15, 0.2) is 27.0 Å². The quantitative estimate of drug-likeness (QED) is 0.845. The number of sulfonamides is 1. The first-order chi connectivity index (χ1) is 9.44. The number of aromatic nitrogens is 1. The Balaban J connectivity index is 2.09. The van der Waals surface area contributed by atoms with E-state index in [9.17, 15) is 8.42 Å². The van der Waals surface area contributed by atoms with Crippen molar-refractivity contribution in [1.29, 1.82) is 0 Å². The number of aliphatic hydroxyl groups is 1. The summed E-state index contributed by atoms with van der Waals surface area (Å²) < 4.78 is 32.1. The van der Waals surface area contributed by atoms with Gasteiger partial charge in [-0.05, 0) is 6.92 Å². The van der Waals surface area contributed by atoms with E-state index in [-0.39, 0.29) is 35.5 Å². The number of nitrogens with one attached hydrogen (secondary N) is 1. The first-order valence-electron chi connectivity index (χ1n) is 6.03. The molecule has 0 bridgehead atoms. The molecule has 1 unspecified atom stereocenters. The largest absolute Gasteiger partial charge is 0.462 e. The highest BCUT2D eigenvalue weighted by molar-refractivity contribution is 7.89. The lowest BCUT2D eigenvalue weighted by Crippen LogP contribution is -2.27. The van der Waals surface area contributed by atoms with Gasteiger partial charge in [-0.25, -0.2) is 18.1 Å². The zero-order valence-corrected chi connectivity index (χ0v) is 12.8. The minimum absolute atomic E-state index is 0.00528. The summed E-state index contributed by atoms with van der Waals surface area (Å²) in [5, 5.41) is 11.7. The topological polar surface area (TPSA) is 92.4 Å². The van der Waals surface area contributed by atoms with Gasteiger partial charge in [0.2, 0.25) is 10.0 Å². The second kappa shape index (κ2) is 6.04. The van der Waals surface area contributed by atoms with E-state index in [1.165, 1.54) is 17.4 Å². The maximum Gasteiger partial charge on any atom is 0.244 e. The lowest BCUT2D eigenvalue weighted by atomic mass is 10.2. The van der Waals surface area contributed by atoms with Crippen LogP contribution in [0.2, 0.25) is 0 Å². The van der Waals surface area contributed by atoms with Gasteiger partial charge in [0, 0.05) is 30.1 Å². The van der Waals surface area contributed by atoms with Crippen LogP contribution in [0.4, 0.5) is 0 Å². The van der Waals surface area contributed by atoms with E-state index in [1.54, 1.807) is 13.1 Å². The molecule has 2 aromatic heterocycles. The van der Waals surface area contributed by atoms with Gasteiger partial charge in [0.05, 0.1) is 5.01 Å². The molecule has 2 N–H and O–H groups in total. The molecule has 0 aliphatic carbocycles. The van der Waals surface area contributed by atoms with Gasteiger partial charge in [-0.15, -0.1) is 11.3 Å². The molecule has 0 aromatic carbocycles. The molecular formula is C12H16N2O4S2. The number of furan rings is 1. The minimum Gasteiger partial charge on any atom is -0.462 e. The van der Waals surface area contributed by atoms with E-state index in [4.69, 9.17) is 9.52 Å². The highest BCUT2D eigenvalue weighted by Crippen LogP contribution is 2.21. The molecule has 0 saturated carbocycles. The predicted molar refractivity (Wildman–Crippen MR) is 75.1 cm³/mol. The SMILES string of the molecule is Cc1oc(CO)cc1S(=O)(=O)NCC(C)c1nccs1. The fourth-order valence-corrected chi connectivity index (χ4v) is 3.78. The fourth-order valence-electron chi connectivity index (χ4n) is 1.75. The van der Waals surface area contributed by atoms with Crippen LogP contribution < -0.4 is 4.72 Å². The lowest BCUT2D eigenvalue weighted by Gasteiger charge is -2.10. The van der Waals surface area contributed by atoms with Gasteiger partial charge in [0.1, 0.15) is 23.0 Å². The number of thiazole rings is 1. The van der Waals surface area contributed by atoms with Gasteiger partial charge in [-0.3, -0.25) is 0 Å². The van der Waals surface area contributed by atoms with E-state index in [0.717, 1.165) is 5.01 Å². The molecule has 2 aromatic rings. The van der Waals surface area contributed by atoms with Crippen LogP contribution in [0.5, 0.6) is 0 Å². The van der Waals surface area contributed by atoms with Crippen LogP contribution in [0.3, 0.4) is 0 Å². The normalized spacial score (nSPS) is 13.6. The average Bonchev–Trinajstić information content (AvgIpc) is 3.05. The molecule has 0 fully saturated rings. The summed E-state index contributed by atoms with van der Waals surface area (Å²) in [5.41, 5.74) is 0. The van der Waals surface area contributed by atoms with Crippen LogP contribution in [0, 0.1) is 6.92 Å². The van der Waals surface area contributed by atoms with Gasteiger partial charge in [-0.2, -0.15) is 0 Å². The molecule has 0 saturated heterocycles. The number of rotatable bonds is 6. The Labute approximate surface area is 121 Å². The van der Waals surface area contributed by atoms with Crippen molar-refractivity contribution in [1.82, 2.24) is 9.71 Å². The first kappa shape index (κ1) is 15.2. The van der Waals surface area contributed by atoms with Crippen molar-refractivity contribution >= 4 is 21.4 Å². The third kappa shape index (κ3) is 3.26. The molecular weight excluding hydrogens is 300 g/mol. The summed E-state index contributed by atoms with van der Waals surface area (Å²) in [5.74, 6) is 0.494. The molecule has 2 rings (SSSR count). The van der Waals surface area contributed by atoms with Gasteiger partial charge >= 0.3 is 0 Å². The maximum absolute atomic E-state index is 12.2. The van der Waals surface area contributed by atoms with Crippen molar-refractivity contribution in [3.63, 3.8) is 0 Å². The van der Waals surface area contributed by atoms with E-state index >= 15 is 0 Å². The zero-order chi connectivity index (χ0) is 14.8. The Kier molecular flexibility index (Phi) is 4.59. The highest BCUT2D eigenvalue weighted by Gasteiger charge is 2.22. The third-order valence-electron chi connectivity index (χ3n) is 2.82. The Bertz CT molecular complexity index is 662. The summed E-state index contributed by atoms with van der Waals surface area (Å²) in [7, 11) is -3.64. The summed E-state index contributed by atoms with van der Waals surface area (Å²) in [6.45, 7) is 3.39. The molecule has 0 amide bonds. The Morgan fingerprint density at radius 1 is 1.55 bits per heavy atom. The van der Waals surface area contributed by atoms with Crippen LogP contribution >= 0.6 is 11.3 Å². The average molecular weight is 316 g/mol. The molecule has 0 aliphatic rings. The van der Waals surface area contributed by atoms with Crippen molar-refractivity contribution in [2.24, 2.45) is 0 Å². The summed E-state index contributed by atoms with van der Waals surface area (Å²) in [4.78, 5) is 4.22. The van der Waals surface area contributed by atoms with E-state index in [0.29, 0.717) is 0 Å². The van der Waals surface area contributed by atoms with Crippen molar-refractivity contribution in [2.75, 3.05) is 6.54 Å². The number of aliphatic hydroxyl groups excluding tert-OH is 1. The zero-order valence-electron chi connectivity index (χ0n) is 11.2. The van der Waals surface area contributed by atoms with Crippen molar-refractivity contribution in [2.45, 2.75) is 31.3 Å².